The van der Waals surface area contributed by atoms with Gasteiger partial charge in [0.05, 0.1) is 0 Å². The summed E-state index contributed by atoms with van der Waals surface area (Å²) in [5.74, 6) is 0. The van der Waals surface area contributed by atoms with Crippen LogP contribution >= 0.6 is 7.60 Å². The zero-order valence-corrected chi connectivity index (χ0v) is 9.28. The largest absolute Gasteiger partial charge is 2.00 e. The number of rotatable bonds is 1. The van der Waals surface area contributed by atoms with E-state index < -0.39 is 13.2 Å². The molecule has 0 rings (SSSR count). The summed E-state index contributed by atoms with van der Waals surface area (Å²) in [4.78, 5) is 24.9. The Labute approximate surface area is 88.8 Å². The van der Waals surface area contributed by atoms with Crippen molar-refractivity contribution in [1.82, 2.24) is 0 Å². The Kier molecular flexibility index (Phi) is 6.08. The van der Waals surface area contributed by atoms with Crippen LogP contribution in [0.1, 0.15) is 2.85 Å². The van der Waals surface area contributed by atoms with Crippen LogP contribution in [0, 0.1) is 0 Å². The zero-order chi connectivity index (χ0) is 6.08. The predicted molar refractivity (Wildman–Crippen MR) is 29.6 cm³/mol. The molecule has 0 atom stereocenters. The van der Waals surface area contributed by atoms with E-state index in [4.69, 9.17) is 9.79 Å². The summed E-state index contributed by atoms with van der Waals surface area (Å²) in [6, 6.07) is 0. The molecule has 1 amide bonds. The maximum atomic E-state index is 9.55. The maximum absolute atomic E-state index is 9.55. The summed E-state index contributed by atoms with van der Waals surface area (Å²) in [7, 11) is -4.60. The van der Waals surface area contributed by atoms with Crippen molar-refractivity contribution in [2.75, 3.05) is 0 Å². The van der Waals surface area contributed by atoms with E-state index in [1.165, 1.54) is 0 Å². The van der Waals surface area contributed by atoms with Gasteiger partial charge >= 0.3 is 62.1 Å². The van der Waals surface area contributed by atoms with Crippen molar-refractivity contribution in [3.63, 3.8) is 0 Å². The quantitative estimate of drug-likeness (QED) is 0.421. The second-order valence-corrected chi connectivity index (χ2v) is 2.41. The Balaban J connectivity index is -0.0000000600. The van der Waals surface area contributed by atoms with Gasteiger partial charge < -0.3 is 18.4 Å². The molecule has 0 aliphatic rings. The van der Waals surface area contributed by atoms with E-state index in [1.54, 1.807) is 0 Å². The summed E-state index contributed by atoms with van der Waals surface area (Å²) in [6.45, 7) is 0. The monoisotopic (exact) mass is 265 g/mol. The summed E-state index contributed by atoms with van der Waals surface area (Å²) in [5.41, 5.74) is 2.58. The number of primary amides is 1. The van der Waals surface area contributed by atoms with Gasteiger partial charge in [-0.3, -0.25) is 4.79 Å². The van der Waals surface area contributed by atoms with Crippen molar-refractivity contribution in [2.45, 2.75) is 0 Å². The molecule has 0 saturated carbocycles. The van der Waals surface area contributed by atoms with Gasteiger partial charge in [-0.15, -0.1) is 0 Å². The third kappa shape index (κ3) is 5.33. The van der Waals surface area contributed by atoms with Crippen LogP contribution in [-0.2, 0) is 4.57 Å². The first-order chi connectivity index (χ1) is 2.94. The summed E-state index contributed by atoms with van der Waals surface area (Å²) >= 11 is 0. The van der Waals surface area contributed by atoms with Crippen LogP contribution in [-0.4, -0.2) is 64.3 Å². The molecule has 0 unspecified atom stereocenters. The normalized spacial score (nSPS) is 9.75. The molecule has 0 bridgehead atoms. The number of amides is 1. The molecule has 0 spiro atoms. The molecule has 8 heavy (non-hydrogen) atoms. The molecule has 0 aromatic rings. The van der Waals surface area contributed by atoms with Crippen molar-refractivity contribution in [1.29, 1.82) is 0 Å². The van der Waals surface area contributed by atoms with E-state index in [0.29, 0.717) is 0 Å². The van der Waals surface area contributed by atoms with Gasteiger partial charge in [-0.05, 0) is 0 Å². The topological polar surface area (TPSA) is 101 Å². The molecular weight excluding hydrogens is 258 g/mol. The average molecular weight is 264 g/mol. The molecule has 0 saturated heterocycles. The van der Waals surface area contributed by atoms with Crippen LogP contribution in [0.4, 0.5) is 4.79 Å². The van der Waals surface area contributed by atoms with E-state index in [1.807, 2.05) is 0 Å². The van der Waals surface area contributed by atoms with E-state index in [9.17, 15) is 9.36 Å². The van der Waals surface area contributed by atoms with Crippen LogP contribution in [0.2, 0.25) is 0 Å². The number of carbonyl (C=O) groups is 1. The van der Waals surface area contributed by atoms with Crippen LogP contribution in [0.25, 0.3) is 0 Å². The van der Waals surface area contributed by atoms with Crippen LogP contribution in [0.15, 0.2) is 0 Å². The average Bonchev–Trinajstić information content (AvgIpc) is 1.31. The van der Waals surface area contributed by atoms with Crippen molar-refractivity contribution >= 4 is 62.1 Å². The number of carbonyl (C=O) groups excluding carboxylic acids is 1. The number of nitrogens with two attached hydrogens (primary N) is 1. The zero-order valence-electron chi connectivity index (χ0n) is 5.94. The van der Waals surface area contributed by atoms with E-state index in [-0.39, 0.29) is 51.7 Å². The number of hydrogen-bond donors (Lipinski definition) is 3. The SMILES string of the molecule is NC(=O)P(=O)(O)O.[Ba+2].[H-].[H-]. The molecule has 0 radical (unpaired) electrons. The first kappa shape index (κ1) is 11.9. The van der Waals surface area contributed by atoms with E-state index in [0.717, 1.165) is 0 Å². The Morgan fingerprint density at radius 3 is 1.75 bits per heavy atom. The summed E-state index contributed by atoms with van der Waals surface area (Å²) in [6.07, 6.45) is 0. The van der Waals surface area contributed by atoms with Gasteiger partial charge in [0.25, 0.3) is 0 Å². The molecule has 0 heterocycles. The molecular formula is CH6BaNO4P. The minimum atomic E-state index is -4.60. The molecule has 0 aromatic carbocycles. The predicted octanol–water partition coefficient (Wildman–Crippen LogP) is -0.913. The minimum absolute atomic E-state index is 0. The minimum Gasteiger partial charge on any atom is -1.00 e. The summed E-state index contributed by atoms with van der Waals surface area (Å²) < 4.78 is 9.55. The Morgan fingerprint density at radius 1 is 1.62 bits per heavy atom. The molecule has 7 heteroatoms. The first-order valence-corrected chi connectivity index (χ1v) is 2.91. The molecule has 4 N–H and O–H groups in total. The van der Waals surface area contributed by atoms with E-state index in [2.05, 4.69) is 5.73 Å². The molecule has 0 aliphatic carbocycles. The van der Waals surface area contributed by atoms with Crippen molar-refractivity contribution < 1.29 is 22.0 Å². The molecule has 0 fully saturated rings. The van der Waals surface area contributed by atoms with Crippen molar-refractivity contribution in [3.05, 3.63) is 0 Å². The second kappa shape index (κ2) is 4.08. The summed E-state index contributed by atoms with van der Waals surface area (Å²) in [5, 5.41) is 0. The van der Waals surface area contributed by atoms with Gasteiger partial charge in [-0.25, -0.2) is 4.57 Å². The van der Waals surface area contributed by atoms with Gasteiger partial charge in [0.1, 0.15) is 0 Å². The van der Waals surface area contributed by atoms with E-state index >= 15 is 0 Å². The van der Waals surface area contributed by atoms with Crippen LogP contribution in [0.3, 0.4) is 0 Å². The van der Waals surface area contributed by atoms with Gasteiger partial charge in [-0.1, -0.05) is 0 Å². The maximum Gasteiger partial charge on any atom is 2.00 e. The van der Waals surface area contributed by atoms with Gasteiger partial charge in [-0.2, -0.15) is 0 Å². The third-order valence-corrected chi connectivity index (χ3v) is 0.861. The Hall–Kier alpha value is 1.19. The van der Waals surface area contributed by atoms with Crippen LogP contribution in [0.5, 0.6) is 0 Å². The first-order valence-electron chi connectivity index (χ1n) is 1.30. The Bertz CT molecular complexity index is 135. The molecule has 5 nitrogen and oxygen atoms in total. The fraction of sp³-hybridized carbons (Fsp3) is 0. The van der Waals surface area contributed by atoms with Crippen molar-refractivity contribution in [3.8, 4) is 0 Å². The number of hydrogen-bond acceptors (Lipinski definition) is 2. The standard InChI is InChI=1S/CH4NO4P.Ba.2H/c2-1(3)7(4,5)6;;;/h(H2,2,3)(H2,4,5,6);;;/q;+2;2*-1. The third-order valence-electron chi connectivity index (χ3n) is 0.287. The smallest absolute Gasteiger partial charge is 1.00 e. The van der Waals surface area contributed by atoms with Gasteiger partial charge in [0.2, 0.25) is 0 Å². The van der Waals surface area contributed by atoms with Crippen molar-refractivity contribution in [2.24, 2.45) is 5.73 Å². The second-order valence-electron chi connectivity index (χ2n) is 0.882. The molecule has 0 aromatic heterocycles. The fourth-order valence-corrected chi connectivity index (χ4v) is 0. The Morgan fingerprint density at radius 2 is 1.75 bits per heavy atom. The van der Waals surface area contributed by atoms with Gasteiger partial charge in [0.15, 0.2) is 0 Å². The molecule has 46 valence electrons. The fourth-order valence-electron chi connectivity index (χ4n) is 0. The molecule has 0 aliphatic heterocycles. The van der Waals surface area contributed by atoms with Crippen LogP contribution < -0.4 is 5.73 Å². The van der Waals surface area contributed by atoms with Gasteiger partial charge in [0, 0.05) is 0 Å².